The molecule has 1 atom stereocenters. The first-order valence-corrected chi connectivity index (χ1v) is 7.00. The van der Waals surface area contributed by atoms with E-state index in [4.69, 9.17) is 4.42 Å². The topological polar surface area (TPSA) is 61.0 Å². The van der Waals surface area contributed by atoms with Gasteiger partial charge in [0.2, 0.25) is 0 Å². The Morgan fingerprint density at radius 1 is 1.62 bits per heavy atom. The van der Waals surface area contributed by atoms with Gasteiger partial charge in [-0.15, -0.1) is 30.6 Å². The third-order valence-electron chi connectivity index (χ3n) is 2.88. The van der Waals surface area contributed by atoms with E-state index >= 15 is 0 Å². The molecule has 1 aromatic rings. The summed E-state index contributed by atoms with van der Waals surface area (Å²) in [7, 11) is 1.99. The number of furan rings is 1. The Hall–Kier alpha value is -1.02. The maximum absolute atomic E-state index is 9.96. The van der Waals surface area contributed by atoms with Gasteiger partial charge < -0.3 is 19.7 Å². The highest BCUT2D eigenvalue weighted by atomic mass is 127. The van der Waals surface area contributed by atoms with E-state index in [0.717, 1.165) is 31.9 Å². The lowest BCUT2D eigenvalue weighted by Gasteiger charge is -2.22. The van der Waals surface area contributed by atoms with Crippen LogP contribution in [0.15, 0.2) is 40.5 Å². The molecular weight excluding hydrogens is 381 g/mol. The molecule has 1 rings (SSSR count). The molecule has 1 unspecified atom stereocenters. The molecule has 0 radical (unpaired) electrons. The third kappa shape index (κ3) is 7.52. The highest BCUT2D eigenvalue weighted by Crippen LogP contribution is 2.13. The Balaban J connectivity index is 0.00000400. The number of hydrogen-bond acceptors (Lipinski definition) is 3. The number of hydrogen-bond donors (Lipinski definition) is 2. The molecule has 6 heteroatoms. The summed E-state index contributed by atoms with van der Waals surface area (Å²) in [4.78, 5) is 6.50. The zero-order chi connectivity index (χ0) is 14.8. The molecule has 1 aromatic heterocycles. The first kappa shape index (κ1) is 20.0. The van der Waals surface area contributed by atoms with E-state index in [2.05, 4.69) is 21.8 Å². The van der Waals surface area contributed by atoms with Gasteiger partial charge in [-0.1, -0.05) is 6.08 Å². The van der Waals surface area contributed by atoms with Gasteiger partial charge in [0.15, 0.2) is 5.96 Å². The van der Waals surface area contributed by atoms with E-state index in [1.54, 1.807) is 18.4 Å². The van der Waals surface area contributed by atoms with Gasteiger partial charge in [-0.05, 0) is 31.9 Å². The predicted molar refractivity (Wildman–Crippen MR) is 97.1 cm³/mol. The fraction of sp³-hybridized carbons (Fsp3) is 0.533. The van der Waals surface area contributed by atoms with Crippen molar-refractivity contribution in [2.24, 2.45) is 4.99 Å². The third-order valence-corrected chi connectivity index (χ3v) is 2.88. The van der Waals surface area contributed by atoms with Crippen LogP contribution in [0, 0.1) is 0 Å². The number of halogens is 1. The van der Waals surface area contributed by atoms with E-state index in [9.17, 15) is 5.11 Å². The van der Waals surface area contributed by atoms with E-state index < -0.39 is 6.10 Å². The average molecular weight is 407 g/mol. The van der Waals surface area contributed by atoms with E-state index in [0.29, 0.717) is 5.76 Å². The van der Waals surface area contributed by atoms with Crippen molar-refractivity contribution in [3.8, 4) is 0 Å². The minimum Gasteiger partial charge on any atom is -0.467 e. The molecule has 0 amide bonds. The van der Waals surface area contributed by atoms with Gasteiger partial charge in [0.25, 0.3) is 0 Å². The molecule has 0 bridgehead atoms. The van der Waals surface area contributed by atoms with Crippen molar-refractivity contribution in [2.45, 2.75) is 25.9 Å². The van der Waals surface area contributed by atoms with E-state index in [1.165, 1.54) is 0 Å². The van der Waals surface area contributed by atoms with E-state index in [-0.39, 0.29) is 30.5 Å². The summed E-state index contributed by atoms with van der Waals surface area (Å²) in [5.74, 6) is 1.33. The van der Waals surface area contributed by atoms with Crippen molar-refractivity contribution in [3.63, 3.8) is 0 Å². The molecule has 0 aliphatic heterocycles. The van der Waals surface area contributed by atoms with Crippen molar-refractivity contribution in [3.05, 3.63) is 36.8 Å². The normalized spacial score (nSPS) is 12.4. The standard InChI is InChI=1S/C15H25N3O2.HI/c1-4-6-7-10-18(3)15(16-5-2)17-12-13(19)14-9-8-11-20-14;/h4,8-9,11,13,19H,1,5-7,10,12H2,2-3H3,(H,16,17);1H. The predicted octanol–water partition coefficient (Wildman–Crippen LogP) is 2.79. The van der Waals surface area contributed by atoms with E-state index in [1.807, 2.05) is 20.0 Å². The lowest BCUT2D eigenvalue weighted by molar-refractivity contribution is 0.158. The van der Waals surface area contributed by atoms with Gasteiger partial charge in [0.05, 0.1) is 12.8 Å². The fourth-order valence-corrected chi connectivity index (χ4v) is 1.79. The van der Waals surface area contributed by atoms with Gasteiger partial charge in [0, 0.05) is 20.1 Å². The molecule has 5 nitrogen and oxygen atoms in total. The summed E-state index contributed by atoms with van der Waals surface area (Å²) in [5, 5.41) is 13.2. The average Bonchev–Trinajstić information content (AvgIpc) is 2.97. The van der Waals surface area contributed by atoms with Crippen molar-refractivity contribution in [1.29, 1.82) is 0 Å². The molecule has 2 N–H and O–H groups in total. The summed E-state index contributed by atoms with van der Waals surface area (Å²) in [6.45, 7) is 7.71. The highest BCUT2D eigenvalue weighted by molar-refractivity contribution is 14.0. The van der Waals surface area contributed by atoms with Gasteiger partial charge in [-0.2, -0.15) is 0 Å². The summed E-state index contributed by atoms with van der Waals surface area (Å²) in [6, 6.07) is 3.51. The van der Waals surface area contributed by atoms with Crippen LogP contribution in [0.25, 0.3) is 0 Å². The SMILES string of the molecule is C=CCCCN(C)C(=NCC(O)c1ccco1)NCC.I. The number of guanidine groups is 1. The van der Waals surface area contributed by atoms with Crippen molar-refractivity contribution in [1.82, 2.24) is 10.2 Å². The minimum absolute atomic E-state index is 0. The van der Waals surface area contributed by atoms with Crippen LogP contribution < -0.4 is 5.32 Å². The molecule has 120 valence electrons. The van der Waals surface area contributed by atoms with Crippen molar-refractivity contribution < 1.29 is 9.52 Å². The molecule has 21 heavy (non-hydrogen) atoms. The number of aliphatic hydroxyl groups excluding tert-OH is 1. The maximum atomic E-state index is 9.96. The number of nitrogens with one attached hydrogen (secondary N) is 1. The Labute approximate surface area is 144 Å². The quantitative estimate of drug-likeness (QED) is 0.229. The van der Waals surface area contributed by atoms with Crippen LogP contribution in [0.3, 0.4) is 0 Å². The minimum atomic E-state index is -0.708. The highest BCUT2D eigenvalue weighted by Gasteiger charge is 2.11. The Kier molecular flexibility index (Phi) is 11.1. The zero-order valence-corrected chi connectivity index (χ0v) is 15.1. The largest absolute Gasteiger partial charge is 0.467 e. The summed E-state index contributed by atoms with van der Waals surface area (Å²) >= 11 is 0. The second kappa shape index (κ2) is 11.6. The van der Waals surface area contributed by atoms with Crippen LogP contribution in [-0.4, -0.2) is 42.6 Å². The zero-order valence-electron chi connectivity index (χ0n) is 12.8. The molecule has 0 saturated carbocycles. The van der Waals surface area contributed by atoms with Crippen LogP contribution in [0.2, 0.25) is 0 Å². The van der Waals surface area contributed by atoms with Crippen LogP contribution >= 0.6 is 24.0 Å². The van der Waals surface area contributed by atoms with Gasteiger partial charge in [0.1, 0.15) is 11.9 Å². The molecule has 0 aromatic carbocycles. The monoisotopic (exact) mass is 407 g/mol. The lowest BCUT2D eigenvalue weighted by Crippen LogP contribution is -2.39. The molecule has 0 fully saturated rings. The number of aliphatic hydroxyl groups is 1. The summed E-state index contributed by atoms with van der Waals surface area (Å²) in [5.41, 5.74) is 0. The van der Waals surface area contributed by atoms with Gasteiger partial charge in [-0.25, -0.2) is 4.99 Å². The molecule has 0 saturated heterocycles. The number of nitrogens with zero attached hydrogens (tertiary/aromatic N) is 2. The fourth-order valence-electron chi connectivity index (χ4n) is 1.79. The lowest BCUT2D eigenvalue weighted by atomic mass is 10.3. The maximum Gasteiger partial charge on any atom is 0.193 e. The smallest absolute Gasteiger partial charge is 0.193 e. The number of allylic oxidation sites excluding steroid dienone is 1. The van der Waals surface area contributed by atoms with Crippen LogP contribution in [0.1, 0.15) is 31.6 Å². The second-order valence-electron chi connectivity index (χ2n) is 4.58. The molecule has 0 aliphatic rings. The number of rotatable bonds is 8. The summed E-state index contributed by atoms with van der Waals surface area (Å²) in [6.07, 6.45) is 4.78. The molecular formula is C15H26IN3O2. The number of unbranched alkanes of at least 4 members (excludes halogenated alkanes) is 1. The van der Waals surface area contributed by atoms with Crippen LogP contribution in [0.5, 0.6) is 0 Å². The Bertz CT molecular complexity index is 407. The van der Waals surface area contributed by atoms with Crippen LogP contribution in [0.4, 0.5) is 0 Å². The van der Waals surface area contributed by atoms with Gasteiger partial charge >= 0.3 is 0 Å². The van der Waals surface area contributed by atoms with Crippen LogP contribution in [-0.2, 0) is 0 Å². The number of aliphatic imine (C=N–C) groups is 1. The molecule has 0 spiro atoms. The molecule has 1 heterocycles. The Morgan fingerprint density at radius 2 is 2.38 bits per heavy atom. The second-order valence-corrected chi connectivity index (χ2v) is 4.58. The molecule has 0 aliphatic carbocycles. The Morgan fingerprint density at radius 3 is 2.95 bits per heavy atom. The first-order chi connectivity index (χ1) is 9.69. The van der Waals surface area contributed by atoms with Crippen molar-refractivity contribution >= 4 is 29.9 Å². The van der Waals surface area contributed by atoms with Crippen molar-refractivity contribution in [2.75, 3.05) is 26.7 Å². The first-order valence-electron chi connectivity index (χ1n) is 7.00. The summed E-state index contributed by atoms with van der Waals surface area (Å²) < 4.78 is 5.16. The van der Waals surface area contributed by atoms with Gasteiger partial charge in [-0.3, -0.25) is 0 Å².